The van der Waals surface area contributed by atoms with Crippen molar-refractivity contribution in [3.05, 3.63) is 11.2 Å². The van der Waals surface area contributed by atoms with Gasteiger partial charge < -0.3 is 10.8 Å². The van der Waals surface area contributed by atoms with Crippen molar-refractivity contribution in [3.63, 3.8) is 0 Å². The average molecular weight is 275 g/mol. The topological polar surface area (TPSA) is 46.2 Å². The lowest BCUT2D eigenvalue weighted by molar-refractivity contribution is 0.136. The van der Waals surface area contributed by atoms with Crippen molar-refractivity contribution in [1.82, 2.24) is 0 Å². The van der Waals surface area contributed by atoms with Crippen LogP contribution in [0.15, 0.2) is 11.2 Å². The van der Waals surface area contributed by atoms with E-state index in [4.69, 9.17) is 5.73 Å². The molecule has 3 N–H and O–H groups in total. The fourth-order valence-corrected chi connectivity index (χ4v) is 2.95. The molecule has 2 atom stereocenters. The van der Waals surface area contributed by atoms with Crippen molar-refractivity contribution in [2.24, 2.45) is 11.7 Å². The summed E-state index contributed by atoms with van der Waals surface area (Å²) in [4.78, 5) is 0. The van der Waals surface area contributed by atoms with Crippen molar-refractivity contribution < 1.29 is 9.50 Å². The van der Waals surface area contributed by atoms with Crippen LogP contribution in [-0.2, 0) is 0 Å². The Balaban J connectivity index is 2.39. The summed E-state index contributed by atoms with van der Waals surface area (Å²) in [5.41, 5.74) is 5.92. The highest BCUT2D eigenvalue weighted by molar-refractivity contribution is 8.02. The Morgan fingerprint density at radius 3 is 2.56 bits per heavy atom. The van der Waals surface area contributed by atoms with Gasteiger partial charge in [-0.15, -0.1) is 11.8 Å². The average Bonchev–Trinajstić information content (AvgIpc) is 2.36. The SMILES string of the molecule is CC(C)S/C=C(/F)[C@H](O)[C@@H](N)CC1CCCCC1. The Morgan fingerprint density at radius 1 is 1.39 bits per heavy atom. The zero-order valence-electron chi connectivity index (χ0n) is 11.4. The molecule has 0 aromatic rings. The number of rotatable bonds is 6. The normalized spacial score (nSPS) is 22.2. The molecular formula is C14H26FNOS. The molecule has 1 saturated carbocycles. The standard InChI is InChI=1S/C14H26FNOS/c1-10(2)18-9-12(15)14(17)13(16)8-11-6-4-3-5-7-11/h9-11,13-14,17H,3-8,16H2,1-2H3/b12-9+/t13-,14-/m0/s1. The van der Waals surface area contributed by atoms with E-state index in [1.54, 1.807) is 0 Å². The van der Waals surface area contributed by atoms with Gasteiger partial charge in [0.25, 0.3) is 0 Å². The van der Waals surface area contributed by atoms with Gasteiger partial charge in [-0.2, -0.15) is 0 Å². The molecule has 106 valence electrons. The predicted molar refractivity (Wildman–Crippen MR) is 77.1 cm³/mol. The molecule has 0 saturated heterocycles. The predicted octanol–water partition coefficient (Wildman–Crippen LogP) is 3.60. The first-order chi connectivity index (χ1) is 8.50. The Hall–Kier alpha value is -0.0600. The maximum Gasteiger partial charge on any atom is 0.136 e. The van der Waals surface area contributed by atoms with Crippen LogP contribution in [0.25, 0.3) is 0 Å². The van der Waals surface area contributed by atoms with E-state index in [2.05, 4.69) is 0 Å². The van der Waals surface area contributed by atoms with Crippen LogP contribution in [0.1, 0.15) is 52.4 Å². The second kappa shape index (κ2) is 8.18. The van der Waals surface area contributed by atoms with Gasteiger partial charge in [-0.25, -0.2) is 4.39 Å². The van der Waals surface area contributed by atoms with Crippen molar-refractivity contribution in [2.75, 3.05) is 0 Å². The highest BCUT2D eigenvalue weighted by Gasteiger charge is 2.24. The van der Waals surface area contributed by atoms with Crippen LogP contribution in [0.5, 0.6) is 0 Å². The molecule has 4 heteroatoms. The highest BCUT2D eigenvalue weighted by Crippen LogP contribution is 2.28. The van der Waals surface area contributed by atoms with Gasteiger partial charge >= 0.3 is 0 Å². The monoisotopic (exact) mass is 275 g/mol. The van der Waals surface area contributed by atoms with Crippen LogP contribution in [0.2, 0.25) is 0 Å². The number of halogens is 1. The van der Waals surface area contributed by atoms with E-state index in [-0.39, 0.29) is 0 Å². The number of hydrogen-bond acceptors (Lipinski definition) is 3. The quantitative estimate of drug-likeness (QED) is 0.778. The van der Waals surface area contributed by atoms with E-state index in [0.29, 0.717) is 11.2 Å². The number of aliphatic hydroxyl groups excluding tert-OH is 1. The van der Waals surface area contributed by atoms with Gasteiger partial charge in [0.05, 0.1) is 0 Å². The molecule has 0 spiro atoms. The zero-order chi connectivity index (χ0) is 13.5. The third-order valence-electron chi connectivity index (χ3n) is 3.47. The lowest BCUT2D eigenvalue weighted by Gasteiger charge is -2.26. The first kappa shape index (κ1) is 16.0. The third kappa shape index (κ3) is 5.72. The summed E-state index contributed by atoms with van der Waals surface area (Å²) < 4.78 is 13.7. The van der Waals surface area contributed by atoms with Gasteiger partial charge in [-0.3, -0.25) is 0 Å². The molecule has 0 unspecified atom stereocenters. The van der Waals surface area contributed by atoms with Crippen LogP contribution < -0.4 is 5.73 Å². The molecule has 0 amide bonds. The zero-order valence-corrected chi connectivity index (χ0v) is 12.3. The maximum absolute atomic E-state index is 13.7. The summed E-state index contributed by atoms with van der Waals surface area (Å²) in [5, 5.41) is 11.6. The summed E-state index contributed by atoms with van der Waals surface area (Å²) >= 11 is 1.38. The van der Waals surface area contributed by atoms with Crippen LogP contribution in [0.4, 0.5) is 4.39 Å². The summed E-state index contributed by atoms with van der Waals surface area (Å²) in [6.45, 7) is 3.98. The first-order valence-electron chi connectivity index (χ1n) is 6.95. The number of thioether (sulfide) groups is 1. The van der Waals surface area contributed by atoms with Gasteiger partial charge in [0.2, 0.25) is 0 Å². The van der Waals surface area contributed by atoms with Crippen LogP contribution in [0.3, 0.4) is 0 Å². The fourth-order valence-electron chi connectivity index (χ4n) is 2.41. The van der Waals surface area contributed by atoms with Gasteiger partial charge in [-0.1, -0.05) is 46.0 Å². The molecule has 1 aliphatic rings. The summed E-state index contributed by atoms with van der Waals surface area (Å²) in [6, 6.07) is -0.475. The van der Waals surface area contributed by atoms with E-state index in [1.165, 1.54) is 49.3 Å². The Kier molecular flexibility index (Phi) is 7.27. The molecule has 0 aromatic heterocycles. The van der Waals surface area contributed by atoms with Crippen molar-refractivity contribution in [1.29, 1.82) is 0 Å². The number of nitrogens with two attached hydrogens (primary N) is 1. The molecule has 0 bridgehead atoms. The minimum Gasteiger partial charge on any atom is -0.384 e. The van der Waals surface area contributed by atoms with Crippen molar-refractivity contribution in [2.45, 2.75) is 69.8 Å². The molecule has 0 radical (unpaired) electrons. The Bertz CT molecular complexity index is 265. The Morgan fingerprint density at radius 2 is 2.00 bits per heavy atom. The highest BCUT2D eigenvalue weighted by atomic mass is 32.2. The van der Waals surface area contributed by atoms with Crippen LogP contribution in [0, 0.1) is 5.92 Å². The van der Waals surface area contributed by atoms with Gasteiger partial charge in [0.15, 0.2) is 0 Å². The molecule has 1 aliphatic carbocycles. The van der Waals surface area contributed by atoms with Crippen molar-refractivity contribution in [3.8, 4) is 0 Å². The lowest BCUT2D eigenvalue weighted by atomic mass is 9.84. The van der Waals surface area contributed by atoms with Crippen LogP contribution >= 0.6 is 11.8 Å². The fraction of sp³-hybridized carbons (Fsp3) is 0.857. The second-order valence-electron chi connectivity index (χ2n) is 5.54. The molecule has 18 heavy (non-hydrogen) atoms. The smallest absolute Gasteiger partial charge is 0.136 e. The molecule has 1 rings (SSSR count). The molecule has 2 nitrogen and oxygen atoms in total. The second-order valence-corrected chi connectivity index (χ2v) is 6.99. The molecule has 1 fully saturated rings. The molecule has 0 aromatic carbocycles. The number of aliphatic hydroxyl groups is 1. The van der Waals surface area contributed by atoms with Crippen molar-refractivity contribution >= 4 is 11.8 Å². The van der Waals surface area contributed by atoms with E-state index in [0.717, 1.165) is 6.42 Å². The molecule has 0 heterocycles. The molecular weight excluding hydrogens is 249 g/mol. The van der Waals surface area contributed by atoms with Gasteiger partial charge in [-0.05, 0) is 12.3 Å². The summed E-state index contributed by atoms with van der Waals surface area (Å²) in [7, 11) is 0. The van der Waals surface area contributed by atoms with Gasteiger partial charge in [0.1, 0.15) is 11.9 Å². The number of hydrogen-bond donors (Lipinski definition) is 2. The van der Waals surface area contributed by atoms with E-state index < -0.39 is 18.0 Å². The first-order valence-corrected chi connectivity index (χ1v) is 7.89. The van der Waals surface area contributed by atoms with Crippen LogP contribution in [-0.4, -0.2) is 22.5 Å². The summed E-state index contributed by atoms with van der Waals surface area (Å²) in [6.07, 6.45) is 5.73. The minimum atomic E-state index is -1.14. The summed E-state index contributed by atoms with van der Waals surface area (Å²) in [5.74, 6) is 0.0750. The Labute approximate surface area is 114 Å². The lowest BCUT2D eigenvalue weighted by Crippen LogP contribution is -2.37. The van der Waals surface area contributed by atoms with E-state index >= 15 is 0 Å². The maximum atomic E-state index is 13.7. The molecule has 0 aliphatic heterocycles. The van der Waals surface area contributed by atoms with E-state index in [1.807, 2.05) is 13.8 Å². The minimum absolute atomic E-state index is 0.317. The van der Waals surface area contributed by atoms with Gasteiger partial charge in [0, 0.05) is 16.7 Å². The third-order valence-corrected chi connectivity index (χ3v) is 4.38. The largest absolute Gasteiger partial charge is 0.384 e. The van der Waals surface area contributed by atoms with E-state index in [9.17, 15) is 9.50 Å².